The Morgan fingerprint density at radius 2 is 1.76 bits per heavy atom. The number of benzene rings is 1. The molecule has 1 aliphatic heterocycles. The van der Waals surface area contributed by atoms with Crippen LogP contribution in [0.5, 0.6) is 0 Å². The summed E-state index contributed by atoms with van der Waals surface area (Å²) in [5, 5.41) is 0. The minimum absolute atomic E-state index is 0.00644. The number of amides is 2. The van der Waals surface area contributed by atoms with E-state index in [1.807, 2.05) is 46.4 Å². The zero-order valence-electron chi connectivity index (χ0n) is 14.4. The van der Waals surface area contributed by atoms with Gasteiger partial charge in [0.05, 0.1) is 6.42 Å². The standard InChI is InChI=1S/C19H23N3O2S/c1-25-16-7-5-15(6-8-16)14-18(23)21-10-3-11-22(13-12-21)19(24)17-4-2-9-20-17/h2,4-9,20H,3,10-14H2,1H3. The number of nitrogens with one attached hydrogen (secondary N) is 1. The number of thioether (sulfide) groups is 1. The molecule has 0 unspecified atom stereocenters. The van der Waals surface area contributed by atoms with Crippen LogP contribution in [0, 0.1) is 0 Å². The van der Waals surface area contributed by atoms with Crippen LogP contribution in [0.1, 0.15) is 22.5 Å². The second-order valence-electron chi connectivity index (χ2n) is 6.14. The first-order valence-corrected chi connectivity index (χ1v) is 9.73. The molecule has 2 heterocycles. The summed E-state index contributed by atoms with van der Waals surface area (Å²) in [6.07, 6.45) is 5.02. The highest BCUT2D eigenvalue weighted by Crippen LogP contribution is 2.16. The van der Waals surface area contributed by atoms with E-state index in [2.05, 4.69) is 4.98 Å². The molecule has 0 atom stereocenters. The van der Waals surface area contributed by atoms with Gasteiger partial charge in [-0.1, -0.05) is 12.1 Å². The molecule has 0 spiro atoms. The topological polar surface area (TPSA) is 56.4 Å². The van der Waals surface area contributed by atoms with E-state index in [0.717, 1.165) is 12.0 Å². The van der Waals surface area contributed by atoms with E-state index in [4.69, 9.17) is 0 Å². The van der Waals surface area contributed by atoms with Gasteiger partial charge in [-0.15, -0.1) is 11.8 Å². The van der Waals surface area contributed by atoms with Crippen LogP contribution < -0.4 is 0 Å². The summed E-state index contributed by atoms with van der Waals surface area (Å²) in [6.45, 7) is 2.56. The van der Waals surface area contributed by atoms with Crippen LogP contribution in [0.15, 0.2) is 47.5 Å². The third kappa shape index (κ3) is 4.45. The SMILES string of the molecule is CSc1ccc(CC(=O)N2CCCN(C(=O)c3ccc[nH]3)CC2)cc1. The van der Waals surface area contributed by atoms with E-state index in [1.165, 1.54) is 4.90 Å². The quantitative estimate of drug-likeness (QED) is 0.856. The van der Waals surface area contributed by atoms with Crippen molar-refractivity contribution in [2.45, 2.75) is 17.7 Å². The maximum absolute atomic E-state index is 12.6. The molecule has 1 aliphatic rings. The molecule has 0 bridgehead atoms. The number of aromatic amines is 1. The smallest absolute Gasteiger partial charge is 0.270 e. The Bertz CT molecular complexity index is 713. The van der Waals surface area contributed by atoms with Crippen molar-refractivity contribution in [1.29, 1.82) is 0 Å². The van der Waals surface area contributed by atoms with E-state index in [0.29, 0.717) is 38.3 Å². The van der Waals surface area contributed by atoms with Gasteiger partial charge in [-0.2, -0.15) is 0 Å². The van der Waals surface area contributed by atoms with Crippen molar-refractivity contribution in [2.75, 3.05) is 32.4 Å². The van der Waals surface area contributed by atoms with E-state index in [-0.39, 0.29) is 11.8 Å². The minimum Gasteiger partial charge on any atom is -0.357 e. The van der Waals surface area contributed by atoms with Crippen molar-refractivity contribution in [2.24, 2.45) is 0 Å². The Hall–Kier alpha value is -2.21. The summed E-state index contributed by atoms with van der Waals surface area (Å²) in [6, 6.07) is 11.7. The zero-order chi connectivity index (χ0) is 17.6. The molecule has 0 saturated carbocycles. The van der Waals surface area contributed by atoms with E-state index in [1.54, 1.807) is 24.0 Å². The third-order valence-electron chi connectivity index (χ3n) is 4.48. The lowest BCUT2D eigenvalue weighted by Crippen LogP contribution is -2.38. The molecule has 1 aromatic heterocycles. The lowest BCUT2D eigenvalue weighted by molar-refractivity contribution is -0.130. The largest absolute Gasteiger partial charge is 0.357 e. The predicted octanol–water partition coefficient (Wildman–Crippen LogP) is 2.65. The van der Waals surface area contributed by atoms with E-state index in [9.17, 15) is 9.59 Å². The Morgan fingerprint density at radius 1 is 1.04 bits per heavy atom. The Balaban J connectivity index is 1.56. The lowest BCUT2D eigenvalue weighted by Gasteiger charge is -2.22. The molecule has 2 amide bonds. The summed E-state index contributed by atoms with van der Waals surface area (Å²) in [4.78, 5) is 32.9. The fourth-order valence-corrected chi connectivity index (χ4v) is 3.44. The van der Waals surface area contributed by atoms with Crippen LogP contribution in [0.4, 0.5) is 0 Å². The molecular weight excluding hydrogens is 334 g/mol. The molecule has 3 rings (SSSR count). The molecule has 1 fully saturated rings. The highest BCUT2D eigenvalue weighted by Gasteiger charge is 2.23. The average Bonchev–Trinajstić information content (AvgIpc) is 3.06. The van der Waals surface area contributed by atoms with Gasteiger partial charge in [0, 0.05) is 37.3 Å². The first-order chi connectivity index (χ1) is 12.2. The van der Waals surface area contributed by atoms with Gasteiger partial charge < -0.3 is 14.8 Å². The monoisotopic (exact) mass is 357 g/mol. The number of rotatable bonds is 4. The minimum atomic E-state index is 0.00644. The molecule has 132 valence electrons. The lowest BCUT2D eigenvalue weighted by atomic mass is 10.1. The maximum Gasteiger partial charge on any atom is 0.270 e. The molecule has 2 aromatic rings. The van der Waals surface area contributed by atoms with E-state index >= 15 is 0 Å². The van der Waals surface area contributed by atoms with Crippen LogP contribution in [-0.4, -0.2) is 59.0 Å². The Kier molecular flexibility index (Phi) is 5.81. The Morgan fingerprint density at radius 3 is 2.44 bits per heavy atom. The van der Waals surface area contributed by atoms with Gasteiger partial charge in [0.2, 0.25) is 5.91 Å². The Labute approximate surface area is 152 Å². The molecule has 1 N–H and O–H groups in total. The van der Waals surface area contributed by atoms with Crippen molar-refractivity contribution >= 4 is 23.6 Å². The third-order valence-corrected chi connectivity index (χ3v) is 5.22. The second-order valence-corrected chi connectivity index (χ2v) is 7.01. The van der Waals surface area contributed by atoms with Gasteiger partial charge in [0.1, 0.15) is 5.69 Å². The number of nitrogens with zero attached hydrogens (tertiary/aromatic N) is 2. The van der Waals surface area contributed by atoms with E-state index < -0.39 is 0 Å². The van der Waals surface area contributed by atoms with Crippen molar-refractivity contribution < 1.29 is 9.59 Å². The fraction of sp³-hybridized carbons (Fsp3) is 0.368. The molecule has 0 radical (unpaired) electrons. The highest BCUT2D eigenvalue weighted by atomic mass is 32.2. The number of hydrogen-bond donors (Lipinski definition) is 1. The number of carbonyl (C=O) groups excluding carboxylic acids is 2. The number of H-pyrrole nitrogens is 1. The molecule has 0 aliphatic carbocycles. The van der Waals surface area contributed by atoms with Crippen LogP contribution >= 0.6 is 11.8 Å². The van der Waals surface area contributed by atoms with Crippen molar-refractivity contribution in [3.63, 3.8) is 0 Å². The van der Waals surface area contributed by atoms with Crippen molar-refractivity contribution in [3.05, 3.63) is 53.9 Å². The normalized spacial score (nSPS) is 15.1. The molecular formula is C19H23N3O2S. The van der Waals surface area contributed by atoms with Crippen molar-refractivity contribution in [3.8, 4) is 0 Å². The summed E-state index contributed by atoms with van der Waals surface area (Å²) in [7, 11) is 0. The molecule has 25 heavy (non-hydrogen) atoms. The maximum atomic E-state index is 12.6. The molecule has 1 aromatic carbocycles. The average molecular weight is 357 g/mol. The molecule has 1 saturated heterocycles. The van der Waals surface area contributed by atoms with Crippen LogP contribution in [0.2, 0.25) is 0 Å². The number of aromatic nitrogens is 1. The fourth-order valence-electron chi connectivity index (χ4n) is 3.03. The highest BCUT2D eigenvalue weighted by molar-refractivity contribution is 7.98. The van der Waals surface area contributed by atoms with Gasteiger partial charge in [-0.05, 0) is 42.5 Å². The predicted molar refractivity (Wildman–Crippen MR) is 99.8 cm³/mol. The van der Waals surface area contributed by atoms with Gasteiger partial charge >= 0.3 is 0 Å². The summed E-state index contributed by atoms with van der Waals surface area (Å²) >= 11 is 1.69. The van der Waals surface area contributed by atoms with Gasteiger partial charge in [0.25, 0.3) is 5.91 Å². The molecule has 6 heteroatoms. The zero-order valence-corrected chi connectivity index (χ0v) is 15.2. The van der Waals surface area contributed by atoms with Gasteiger partial charge in [0.15, 0.2) is 0 Å². The summed E-state index contributed by atoms with van der Waals surface area (Å²) in [5.41, 5.74) is 1.64. The van der Waals surface area contributed by atoms with Gasteiger partial charge in [-0.3, -0.25) is 9.59 Å². The second kappa shape index (κ2) is 8.25. The first-order valence-electron chi connectivity index (χ1n) is 8.51. The summed E-state index contributed by atoms with van der Waals surface area (Å²) < 4.78 is 0. The summed E-state index contributed by atoms with van der Waals surface area (Å²) in [5.74, 6) is 0.137. The molecule has 5 nitrogen and oxygen atoms in total. The van der Waals surface area contributed by atoms with Crippen LogP contribution in [0.3, 0.4) is 0 Å². The van der Waals surface area contributed by atoms with Crippen LogP contribution in [-0.2, 0) is 11.2 Å². The number of hydrogen-bond acceptors (Lipinski definition) is 3. The number of carbonyl (C=O) groups is 2. The van der Waals surface area contributed by atoms with Crippen LogP contribution in [0.25, 0.3) is 0 Å². The first kappa shape index (κ1) is 17.6. The van der Waals surface area contributed by atoms with Crippen molar-refractivity contribution in [1.82, 2.24) is 14.8 Å². The van der Waals surface area contributed by atoms with Gasteiger partial charge in [-0.25, -0.2) is 0 Å².